The van der Waals surface area contributed by atoms with Gasteiger partial charge in [-0.15, -0.1) is 0 Å². The SMILES string of the molecule is COC(=O)NC(C(=O)N1CCCC1c1ncc(C#Cc2ccc(-c3ccc4nc(C5CCCN5C(=O)C(NC(=O)OC)C(C)C)[nH]c4c3)cc2)[nH]1)C(C)C. The average Bonchev–Trinajstić information content (AvgIpc) is 4.00. The maximum atomic E-state index is 13.6. The van der Waals surface area contributed by atoms with Crippen molar-refractivity contribution in [1.82, 2.24) is 40.4 Å². The molecule has 0 bridgehead atoms. The molecule has 2 aromatic carbocycles. The van der Waals surface area contributed by atoms with E-state index < -0.39 is 24.3 Å². The van der Waals surface area contributed by atoms with Crippen molar-refractivity contribution in [3.05, 3.63) is 71.6 Å². The predicted molar refractivity (Wildman–Crippen MR) is 202 cm³/mol. The molecule has 2 fully saturated rings. The van der Waals surface area contributed by atoms with Gasteiger partial charge < -0.3 is 39.9 Å². The van der Waals surface area contributed by atoms with Crippen molar-refractivity contribution in [3.8, 4) is 23.0 Å². The number of nitrogens with zero attached hydrogens (tertiary/aromatic N) is 4. The quantitative estimate of drug-likeness (QED) is 0.164. The van der Waals surface area contributed by atoms with Gasteiger partial charge in [-0.05, 0) is 78.8 Å². The number of benzene rings is 2. The Morgan fingerprint density at radius 3 is 1.87 bits per heavy atom. The molecule has 2 saturated heterocycles. The lowest BCUT2D eigenvalue weighted by Gasteiger charge is -2.29. The van der Waals surface area contributed by atoms with Crippen LogP contribution in [0, 0.1) is 23.7 Å². The maximum absolute atomic E-state index is 13.6. The third-order valence-electron chi connectivity index (χ3n) is 10.1. The molecule has 2 aromatic heterocycles. The number of H-pyrrole nitrogens is 2. The van der Waals surface area contributed by atoms with E-state index >= 15 is 0 Å². The second kappa shape index (κ2) is 16.4. The highest BCUT2D eigenvalue weighted by molar-refractivity contribution is 5.87. The van der Waals surface area contributed by atoms with Gasteiger partial charge in [-0.3, -0.25) is 9.59 Å². The molecule has 6 rings (SSSR count). The Bertz CT molecular complexity index is 2060. The Balaban J connectivity index is 1.12. The van der Waals surface area contributed by atoms with Crippen LogP contribution < -0.4 is 10.6 Å². The van der Waals surface area contributed by atoms with E-state index in [9.17, 15) is 19.2 Å². The number of alkyl carbamates (subject to hydrolysis) is 2. The van der Waals surface area contributed by atoms with Crippen LogP contribution in [0.2, 0.25) is 0 Å². The third kappa shape index (κ3) is 8.20. The van der Waals surface area contributed by atoms with Gasteiger partial charge in [0, 0.05) is 18.7 Å². The number of nitrogens with one attached hydrogen (secondary N) is 4. The van der Waals surface area contributed by atoms with Crippen LogP contribution >= 0.6 is 0 Å². The summed E-state index contributed by atoms with van der Waals surface area (Å²) in [6, 6.07) is 12.2. The van der Waals surface area contributed by atoms with Crippen molar-refractivity contribution in [1.29, 1.82) is 0 Å². The van der Waals surface area contributed by atoms with E-state index in [1.165, 1.54) is 14.2 Å². The number of likely N-dealkylation sites (tertiary alicyclic amines) is 2. The van der Waals surface area contributed by atoms with Gasteiger partial charge in [-0.25, -0.2) is 19.6 Å². The van der Waals surface area contributed by atoms with Crippen molar-refractivity contribution in [2.75, 3.05) is 27.3 Å². The topological polar surface area (TPSA) is 175 Å². The molecule has 4 unspecified atom stereocenters. The second-order valence-electron chi connectivity index (χ2n) is 14.5. The van der Waals surface area contributed by atoms with Crippen LogP contribution in [0.15, 0.2) is 48.7 Å². The van der Waals surface area contributed by atoms with Crippen LogP contribution in [-0.4, -0.2) is 93.1 Å². The second-order valence-corrected chi connectivity index (χ2v) is 14.5. The highest BCUT2D eigenvalue weighted by Gasteiger charge is 2.39. The molecule has 2 aliphatic heterocycles. The fourth-order valence-electron chi connectivity index (χ4n) is 7.21. The van der Waals surface area contributed by atoms with E-state index in [0.29, 0.717) is 24.6 Å². The van der Waals surface area contributed by atoms with E-state index in [1.807, 2.05) is 69.0 Å². The van der Waals surface area contributed by atoms with Gasteiger partial charge in [0.25, 0.3) is 0 Å². The molecule has 284 valence electrons. The molecular weight excluding hydrogens is 688 g/mol. The number of hydrogen-bond acceptors (Lipinski definition) is 8. The van der Waals surface area contributed by atoms with Crippen molar-refractivity contribution >= 4 is 35.0 Å². The number of ether oxygens (including phenoxy) is 2. The number of hydrogen-bond donors (Lipinski definition) is 4. The predicted octanol–water partition coefficient (Wildman–Crippen LogP) is 5.44. The minimum Gasteiger partial charge on any atom is -0.453 e. The first-order chi connectivity index (χ1) is 26.0. The summed E-state index contributed by atoms with van der Waals surface area (Å²) in [5.74, 6) is 7.23. The minimum atomic E-state index is -0.698. The van der Waals surface area contributed by atoms with Crippen molar-refractivity contribution in [2.24, 2.45) is 11.8 Å². The fourth-order valence-corrected chi connectivity index (χ4v) is 7.21. The zero-order valence-corrected chi connectivity index (χ0v) is 31.6. The smallest absolute Gasteiger partial charge is 0.407 e. The monoisotopic (exact) mass is 736 g/mol. The average molecular weight is 737 g/mol. The highest BCUT2D eigenvalue weighted by atomic mass is 16.5. The first kappa shape index (κ1) is 37.9. The molecule has 2 aliphatic rings. The van der Waals surface area contributed by atoms with Crippen LogP contribution in [-0.2, 0) is 19.1 Å². The molecule has 0 spiro atoms. The molecule has 14 heteroatoms. The van der Waals surface area contributed by atoms with Gasteiger partial charge >= 0.3 is 12.2 Å². The summed E-state index contributed by atoms with van der Waals surface area (Å²) in [7, 11) is 2.57. The molecule has 4 amide bonds. The summed E-state index contributed by atoms with van der Waals surface area (Å²) in [6.07, 6.45) is 3.63. The fraction of sp³-hybridized carbons (Fsp3) is 0.450. The Kier molecular flexibility index (Phi) is 11.5. The number of fused-ring (bicyclic) bond motifs is 1. The number of rotatable bonds is 9. The summed E-state index contributed by atoms with van der Waals surface area (Å²) >= 11 is 0. The molecule has 0 saturated carbocycles. The molecular formula is C40H48N8O6. The summed E-state index contributed by atoms with van der Waals surface area (Å²) < 4.78 is 9.49. The molecule has 4 aromatic rings. The third-order valence-corrected chi connectivity index (χ3v) is 10.1. The zero-order valence-electron chi connectivity index (χ0n) is 31.6. The standard InChI is InChI=1S/C40H48N8O6/c1-23(2)33(45-39(51)53-5)37(49)47-19-7-9-31(47)35-41-22-28(42-35)17-13-25-11-14-26(15-12-25)27-16-18-29-30(21-27)44-36(43-29)32-10-8-20-48(32)38(50)34(24(3)4)46-40(52)54-6/h11-12,14-16,18,21-24,31-34H,7-10,19-20H2,1-6H3,(H,41,42)(H,43,44)(H,45,51)(H,46,52). The van der Waals surface area contributed by atoms with Crippen molar-refractivity contribution in [3.63, 3.8) is 0 Å². The minimum absolute atomic E-state index is 0.110. The zero-order chi connectivity index (χ0) is 38.5. The summed E-state index contributed by atoms with van der Waals surface area (Å²) in [6.45, 7) is 8.74. The Hall–Kier alpha value is -5.84. The van der Waals surface area contributed by atoms with E-state index in [2.05, 4.69) is 43.5 Å². The number of methoxy groups -OCH3 is 2. The first-order valence-corrected chi connectivity index (χ1v) is 18.4. The molecule has 0 aliphatic carbocycles. The molecule has 4 heterocycles. The van der Waals surface area contributed by atoms with Crippen molar-refractivity contribution in [2.45, 2.75) is 77.5 Å². The molecule has 4 atom stereocenters. The van der Waals surface area contributed by atoms with Gasteiger partial charge in [0.2, 0.25) is 11.8 Å². The van der Waals surface area contributed by atoms with Crippen LogP contribution in [0.3, 0.4) is 0 Å². The highest BCUT2D eigenvalue weighted by Crippen LogP contribution is 2.34. The number of aromatic nitrogens is 4. The van der Waals surface area contributed by atoms with Gasteiger partial charge in [-0.1, -0.05) is 51.8 Å². The number of amides is 4. The number of carbonyl (C=O) groups is 4. The summed E-state index contributed by atoms with van der Waals surface area (Å²) in [5, 5.41) is 5.37. The van der Waals surface area contributed by atoms with E-state index in [0.717, 1.165) is 59.2 Å². The molecule has 0 radical (unpaired) electrons. The number of aromatic amines is 2. The molecule has 4 N–H and O–H groups in total. The normalized spacial score (nSPS) is 18.0. The van der Waals surface area contributed by atoms with Crippen LogP contribution in [0.25, 0.3) is 22.2 Å². The van der Waals surface area contributed by atoms with Gasteiger partial charge in [0.05, 0.1) is 43.5 Å². The van der Waals surface area contributed by atoms with Gasteiger partial charge in [0.1, 0.15) is 29.4 Å². The van der Waals surface area contributed by atoms with Gasteiger partial charge in [-0.2, -0.15) is 0 Å². The Labute approximate surface area is 314 Å². The lowest BCUT2D eigenvalue weighted by molar-refractivity contribution is -0.136. The lowest BCUT2D eigenvalue weighted by Crippen LogP contribution is -2.51. The van der Waals surface area contributed by atoms with Gasteiger partial charge in [0.15, 0.2) is 0 Å². The molecule has 54 heavy (non-hydrogen) atoms. The van der Waals surface area contributed by atoms with Crippen molar-refractivity contribution < 1.29 is 28.7 Å². The largest absolute Gasteiger partial charge is 0.453 e. The summed E-state index contributed by atoms with van der Waals surface area (Å²) in [5.41, 5.74) is 5.18. The van der Waals surface area contributed by atoms with E-state index in [-0.39, 0.29) is 35.7 Å². The van der Waals surface area contributed by atoms with Crippen LogP contribution in [0.4, 0.5) is 9.59 Å². The lowest BCUT2D eigenvalue weighted by atomic mass is 10.0. The van der Waals surface area contributed by atoms with E-state index in [1.54, 1.807) is 11.1 Å². The number of imidazole rings is 2. The molecule has 14 nitrogen and oxygen atoms in total. The van der Waals surface area contributed by atoms with E-state index in [4.69, 9.17) is 14.5 Å². The first-order valence-electron chi connectivity index (χ1n) is 18.4. The maximum Gasteiger partial charge on any atom is 0.407 e. The van der Waals surface area contributed by atoms with Crippen LogP contribution in [0.1, 0.15) is 88.4 Å². The number of carbonyl (C=O) groups excluding carboxylic acids is 4. The van der Waals surface area contributed by atoms with Crippen LogP contribution in [0.5, 0.6) is 0 Å². The summed E-state index contributed by atoms with van der Waals surface area (Å²) in [4.78, 5) is 70.6. The Morgan fingerprint density at radius 2 is 1.31 bits per heavy atom. The Morgan fingerprint density at radius 1 is 0.759 bits per heavy atom.